The minimum Gasteiger partial charge on any atom is -0.460 e. The molecule has 1 saturated heterocycles. The van der Waals surface area contributed by atoms with Crippen LogP contribution in [-0.4, -0.2) is 28.8 Å². The number of rotatable bonds is 4. The second-order valence-electron chi connectivity index (χ2n) is 5.82. The van der Waals surface area contributed by atoms with Crippen LogP contribution in [0.1, 0.15) is 23.3 Å². The van der Waals surface area contributed by atoms with E-state index in [1.165, 1.54) is 11.1 Å². The average molecular weight is 291 g/mol. The number of furan rings is 1. The summed E-state index contributed by atoms with van der Waals surface area (Å²) in [4.78, 5) is 0. The third-order valence-corrected chi connectivity index (χ3v) is 5.25. The van der Waals surface area contributed by atoms with E-state index < -0.39 is 5.60 Å². The van der Waals surface area contributed by atoms with E-state index >= 15 is 0 Å². The van der Waals surface area contributed by atoms with Crippen molar-refractivity contribution in [1.29, 1.82) is 0 Å². The number of nitrogens with one attached hydrogen (secondary N) is 1. The van der Waals surface area contributed by atoms with Crippen molar-refractivity contribution in [3.05, 3.63) is 35.1 Å². The highest BCUT2D eigenvalue weighted by molar-refractivity contribution is 7.99. The second kappa shape index (κ2) is 5.43. The summed E-state index contributed by atoms with van der Waals surface area (Å²) in [5.41, 5.74) is 2.95. The molecule has 2 heterocycles. The van der Waals surface area contributed by atoms with E-state index in [0.29, 0.717) is 13.1 Å². The number of hydrogen-bond acceptors (Lipinski definition) is 4. The fraction of sp³-hybridized carbons (Fsp3) is 0.500. The van der Waals surface area contributed by atoms with Gasteiger partial charge in [-0.3, -0.25) is 0 Å². The van der Waals surface area contributed by atoms with Gasteiger partial charge in [-0.1, -0.05) is 0 Å². The Hall–Kier alpha value is -0.970. The fourth-order valence-electron chi connectivity index (χ4n) is 2.60. The van der Waals surface area contributed by atoms with Crippen LogP contribution in [0, 0.1) is 13.8 Å². The Balaban J connectivity index is 1.66. The number of thioether (sulfide) groups is 1. The summed E-state index contributed by atoms with van der Waals surface area (Å²) >= 11 is 1.82. The molecule has 1 aromatic heterocycles. The van der Waals surface area contributed by atoms with Crippen LogP contribution in [0.3, 0.4) is 0 Å². The summed E-state index contributed by atoms with van der Waals surface area (Å²) in [6, 6.07) is 6.34. The van der Waals surface area contributed by atoms with Gasteiger partial charge in [-0.25, -0.2) is 0 Å². The van der Waals surface area contributed by atoms with Gasteiger partial charge in [-0.2, -0.15) is 11.8 Å². The lowest BCUT2D eigenvalue weighted by molar-refractivity contribution is 0.0670. The maximum atomic E-state index is 10.3. The lowest BCUT2D eigenvalue weighted by atomic mass is 10.0. The molecule has 0 aliphatic carbocycles. The van der Waals surface area contributed by atoms with Crippen molar-refractivity contribution in [3.8, 4) is 0 Å². The maximum absolute atomic E-state index is 10.3. The second-order valence-corrected chi connectivity index (χ2v) is 6.92. The van der Waals surface area contributed by atoms with Crippen LogP contribution in [0.5, 0.6) is 0 Å². The Bertz CT molecular complexity index is 575. The van der Waals surface area contributed by atoms with E-state index in [0.717, 1.165) is 34.7 Å². The molecular formula is C16H21NO2S. The van der Waals surface area contributed by atoms with Gasteiger partial charge in [-0.05, 0) is 55.3 Å². The molecular weight excluding hydrogens is 270 g/mol. The first-order valence-corrected chi connectivity index (χ1v) is 8.22. The molecule has 0 amide bonds. The van der Waals surface area contributed by atoms with Crippen LogP contribution in [0.4, 0.5) is 0 Å². The molecule has 1 atom stereocenters. The van der Waals surface area contributed by atoms with Crippen LogP contribution >= 0.6 is 11.8 Å². The van der Waals surface area contributed by atoms with E-state index in [-0.39, 0.29) is 0 Å². The number of aliphatic hydroxyl groups is 1. The van der Waals surface area contributed by atoms with E-state index in [2.05, 4.69) is 37.4 Å². The summed E-state index contributed by atoms with van der Waals surface area (Å²) in [5, 5.41) is 14.7. The first-order chi connectivity index (χ1) is 9.56. The Kier molecular flexibility index (Phi) is 3.80. The van der Waals surface area contributed by atoms with E-state index in [4.69, 9.17) is 4.42 Å². The van der Waals surface area contributed by atoms with Gasteiger partial charge in [0.2, 0.25) is 0 Å². The van der Waals surface area contributed by atoms with Crippen molar-refractivity contribution in [2.75, 3.05) is 18.1 Å². The average Bonchev–Trinajstić information content (AvgIpc) is 2.97. The topological polar surface area (TPSA) is 45.4 Å². The first-order valence-electron chi connectivity index (χ1n) is 7.06. The Morgan fingerprint density at radius 1 is 1.30 bits per heavy atom. The van der Waals surface area contributed by atoms with Crippen LogP contribution in [0.25, 0.3) is 11.0 Å². The first kappa shape index (κ1) is 14.0. The normalized spacial score (nSPS) is 22.8. The summed E-state index contributed by atoms with van der Waals surface area (Å²) in [6.07, 6.45) is 0.878. The predicted molar refractivity (Wildman–Crippen MR) is 84.3 cm³/mol. The quantitative estimate of drug-likeness (QED) is 0.909. The van der Waals surface area contributed by atoms with E-state index in [1.807, 2.05) is 11.8 Å². The van der Waals surface area contributed by atoms with Crippen LogP contribution < -0.4 is 5.32 Å². The zero-order valence-corrected chi connectivity index (χ0v) is 12.8. The summed E-state index contributed by atoms with van der Waals surface area (Å²) < 4.78 is 5.85. The molecule has 3 rings (SSSR count). The number of aryl methyl sites for hydroxylation is 2. The molecule has 20 heavy (non-hydrogen) atoms. The fourth-order valence-corrected chi connectivity index (χ4v) is 3.89. The van der Waals surface area contributed by atoms with Crippen molar-refractivity contribution >= 4 is 22.7 Å². The molecule has 3 nitrogen and oxygen atoms in total. The van der Waals surface area contributed by atoms with Crippen molar-refractivity contribution in [3.63, 3.8) is 0 Å². The third-order valence-electron chi connectivity index (χ3n) is 4.02. The van der Waals surface area contributed by atoms with Gasteiger partial charge in [0, 0.05) is 17.7 Å². The lowest BCUT2D eigenvalue weighted by Gasteiger charge is -2.21. The Morgan fingerprint density at radius 3 is 2.85 bits per heavy atom. The minimum atomic E-state index is -0.538. The highest BCUT2D eigenvalue weighted by Gasteiger charge is 2.31. The van der Waals surface area contributed by atoms with Crippen LogP contribution in [0.15, 0.2) is 22.6 Å². The number of fused-ring (bicyclic) bond motifs is 1. The van der Waals surface area contributed by atoms with E-state index in [1.54, 1.807) is 0 Å². The van der Waals surface area contributed by atoms with Gasteiger partial charge in [0.1, 0.15) is 11.3 Å². The maximum Gasteiger partial charge on any atom is 0.134 e. The molecule has 0 bridgehead atoms. The van der Waals surface area contributed by atoms with Gasteiger partial charge in [-0.15, -0.1) is 0 Å². The molecule has 0 radical (unpaired) electrons. The summed E-state index contributed by atoms with van der Waals surface area (Å²) in [7, 11) is 0. The highest BCUT2D eigenvalue weighted by Crippen LogP contribution is 2.27. The Labute approximate surface area is 123 Å². The third kappa shape index (κ3) is 2.87. The predicted octanol–water partition coefficient (Wildman–Crippen LogP) is 3.01. The molecule has 1 fully saturated rings. The molecule has 0 saturated carbocycles. The number of hydrogen-bond donors (Lipinski definition) is 2. The highest BCUT2D eigenvalue weighted by atomic mass is 32.2. The van der Waals surface area contributed by atoms with E-state index in [9.17, 15) is 5.11 Å². The van der Waals surface area contributed by atoms with Gasteiger partial charge in [0.05, 0.1) is 12.1 Å². The number of benzene rings is 1. The van der Waals surface area contributed by atoms with Gasteiger partial charge in [0.15, 0.2) is 0 Å². The van der Waals surface area contributed by atoms with Crippen LogP contribution in [-0.2, 0) is 6.54 Å². The summed E-state index contributed by atoms with van der Waals surface area (Å²) in [6.45, 7) is 5.52. The molecule has 1 unspecified atom stereocenters. The van der Waals surface area contributed by atoms with Crippen molar-refractivity contribution in [1.82, 2.24) is 5.32 Å². The van der Waals surface area contributed by atoms with Crippen LogP contribution in [0.2, 0.25) is 0 Å². The summed E-state index contributed by atoms with van der Waals surface area (Å²) in [5.74, 6) is 2.82. The smallest absolute Gasteiger partial charge is 0.134 e. The molecule has 108 valence electrons. The molecule has 0 spiro atoms. The standard InChI is InChI=1S/C16H21NO2S/c1-11-5-13-7-14(19-15(13)6-12(11)2)8-17-9-16(18)3-4-20-10-16/h5-7,17-18H,3-4,8-10H2,1-2H3. The van der Waals surface area contributed by atoms with Gasteiger partial charge in [0.25, 0.3) is 0 Å². The Morgan fingerprint density at radius 2 is 2.10 bits per heavy atom. The molecule has 4 heteroatoms. The lowest BCUT2D eigenvalue weighted by Crippen LogP contribution is -2.40. The zero-order valence-electron chi connectivity index (χ0n) is 12.0. The SMILES string of the molecule is Cc1cc2cc(CNCC3(O)CCSC3)oc2cc1C. The molecule has 1 aliphatic rings. The zero-order chi connectivity index (χ0) is 14.2. The molecule has 1 aliphatic heterocycles. The van der Waals surface area contributed by atoms with Crippen molar-refractivity contribution < 1.29 is 9.52 Å². The van der Waals surface area contributed by atoms with Gasteiger partial charge >= 0.3 is 0 Å². The van der Waals surface area contributed by atoms with Crippen molar-refractivity contribution in [2.45, 2.75) is 32.4 Å². The largest absolute Gasteiger partial charge is 0.460 e. The van der Waals surface area contributed by atoms with Gasteiger partial charge < -0.3 is 14.8 Å². The minimum absolute atomic E-state index is 0.538. The van der Waals surface area contributed by atoms with Crippen molar-refractivity contribution in [2.24, 2.45) is 0 Å². The molecule has 2 aromatic rings. The molecule has 1 aromatic carbocycles. The molecule has 2 N–H and O–H groups in total. The monoisotopic (exact) mass is 291 g/mol.